The molecule has 0 unspecified atom stereocenters. The molecular weight excluding hydrogens is 659 g/mol. The number of nitrogens with one attached hydrogen (secondary N) is 2. The van der Waals surface area contributed by atoms with Crippen molar-refractivity contribution in [2.75, 3.05) is 49.2 Å². The smallest absolute Gasteiger partial charge is 0.171 e. The molecule has 9 nitrogen and oxygen atoms in total. The number of rotatable bonds is 4. The molecule has 4 aromatic carbocycles. The van der Waals surface area contributed by atoms with Crippen molar-refractivity contribution < 1.29 is 14.6 Å². The van der Waals surface area contributed by atoms with E-state index in [-0.39, 0.29) is 11.9 Å². The summed E-state index contributed by atoms with van der Waals surface area (Å²) in [5, 5.41) is 11.1. The van der Waals surface area contributed by atoms with Crippen LogP contribution in [0.1, 0.15) is 25.7 Å². The van der Waals surface area contributed by atoms with E-state index < -0.39 is 0 Å². The van der Waals surface area contributed by atoms with Gasteiger partial charge in [0.2, 0.25) is 0 Å². The molecule has 3 aliphatic heterocycles. The third-order valence-electron chi connectivity index (χ3n) is 9.72. The Morgan fingerprint density at radius 1 is 0.653 bits per heavy atom. The summed E-state index contributed by atoms with van der Waals surface area (Å²) in [7, 11) is 0. The second-order valence-electron chi connectivity index (χ2n) is 12.8. The number of anilines is 2. The lowest BCUT2D eigenvalue weighted by atomic mass is 10.0. The van der Waals surface area contributed by atoms with Gasteiger partial charge in [-0.2, -0.15) is 0 Å². The van der Waals surface area contributed by atoms with E-state index in [9.17, 15) is 5.11 Å². The summed E-state index contributed by atoms with van der Waals surface area (Å²) in [6, 6.07) is 28.1. The van der Waals surface area contributed by atoms with Crippen molar-refractivity contribution in [3.8, 4) is 22.8 Å². The fourth-order valence-corrected chi connectivity index (χ4v) is 7.37. The quantitative estimate of drug-likeness (QED) is 0.171. The lowest BCUT2D eigenvalue weighted by Crippen LogP contribution is -2.45. The number of hydrogen-bond donors (Lipinski definition) is 3. The highest BCUT2D eigenvalue weighted by Crippen LogP contribution is 2.37. The highest BCUT2D eigenvalue weighted by molar-refractivity contribution is 6.33. The van der Waals surface area contributed by atoms with Crippen molar-refractivity contribution in [2.45, 2.75) is 37.6 Å². The summed E-state index contributed by atoms with van der Waals surface area (Å²) >= 11 is 12.9. The van der Waals surface area contributed by atoms with Crippen LogP contribution in [0.25, 0.3) is 44.8 Å². The number of benzene rings is 4. The Morgan fingerprint density at radius 3 is 1.61 bits per heavy atom. The fraction of sp³-hybridized carbons (Fsp3) is 0.316. The molecule has 0 saturated carbocycles. The van der Waals surface area contributed by atoms with E-state index in [0.717, 1.165) is 108 Å². The molecule has 11 heteroatoms. The van der Waals surface area contributed by atoms with Gasteiger partial charge in [0.15, 0.2) is 5.79 Å². The first-order chi connectivity index (χ1) is 23.9. The standard InChI is InChI=1S/C20H20ClN3O2.C18H18ClN3O/c21-16-6-5-14(24-9-7-20(8-10-24)25-11-12-26-20)13-15(16)19-22-17-3-1-2-4-18(17)23-19;19-15-6-5-12(22-9-7-13(23)8-10-22)11-14(15)18-20-16-3-1-2-4-17(16)21-18/h1-6,13H,7-12H2,(H,22,23);1-6,11,13,23H,7-10H2,(H,20,21). The molecule has 5 heterocycles. The van der Waals surface area contributed by atoms with Crippen molar-refractivity contribution in [3.05, 3.63) is 95.0 Å². The Balaban J connectivity index is 0.000000143. The van der Waals surface area contributed by atoms with Gasteiger partial charge in [0.05, 0.1) is 51.4 Å². The number of aromatic nitrogens is 4. The van der Waals surface area contributed by atoms with Crippen LogP contribution in [-0.4, -0.2) is 76.3 Å². The number of fused-ring (bicyclic) bond motifs is 2. The monoisotopic (exact) mass is 696 g/mol. The van der Waals surface area contributed by atoms with Crippen LogP contribution in [0.5, 0.6) is 0 Å². The summed E-state index contributed by atoms with van der Waals surface area (Å²) in [6.07, 6.45) is 3.21. The maximum atomic E-state index is 9.67. The minimum atomic E-state index is -0.357. The molecule has 0 amide bonds. The van der Waals surface area contributed by atoms with Gasteiger partial charge in [0.25, 0.3) is 0 Å². The molecule has 3 aliphatic rings. The third-order valence-corrected chi connectivity index (χ3v) is 10.4. The molecule has 3 saturated heterocycles. The summed E-state index contributed by atoms with van der Waals surface area (Å²) in [5.41, 5.74) is 8.00. The predicted molar refractivity (Wildman–Crippen MR) is 197 cm³/mol. The topological polar surface area (TPSA) is 103 Å². The van der Waals surface area contributed by atoms with Crippen molar-refractivity contribution in [2.24, 2.45) is 0 Å². The first-order valence-corrected chi connectivity index (χ1v) is 17.6. The third kappa shape index (κ3) is 6.74. The number of aliphatic hydroxyl groups excluding tert-OH is 1. The summed E-state index contributed by atoms with van der Waals surface area (Å²) in [6.45, 7) is 4.95. The van der Waals surface area contributed by atoms with Crippen LogP contribution >= 0.6 is 23.2 Å². The zero-order valence-electron chi connectivity index (χ0n) is 27.0. The van der Waals surface area contributed by atoms with Gasteiger partial charge in [-0.1, -0.05) is 47.5 Å². The van der Waals surface area contributed by atoms with E-state index in [4.69, 9.17) is 32.7 Å². The minimum absolute atomic E-state index is 0.173. The number of para-hydroxylation sites is 4. The lowest BCUT2D eigenvalue weighted by Gasteiger charge is -2.38. The van der Waals surface area contributed by atoms with E-state index in [1.54, 1.807) is 0 Å². The molecule has 252 valence electrons. The molecule has 0 aliphatic carbocycles. The molecule has 9 rings (SSSR count). The van der Waals surface area contributed by atoms with Gasteiger partial charge in [-0.15, -0.1) is 0 Å². The number of nitrogens with zero attached hydrogens (tertiary/aromatic N) is 4. The maximum absolute atomic E-state index is 9.67. The van der Waals surface area contributed by atoms with E-state index >= 15 is 0 Å². The molecule has 0 atom stereocenters. The average Bonchev–Trinajstić information content (AvgIpc) is 3.89. The number of hydrogen-bond acceptors (Lipinski definition) is 7. The zero-order chi connectivity index (χ0) is 33.4. The fourth-order valence-electron chi connectivity index (χ4n) is 6.96. The van der Waals surface area contributed by atoms with Crippen molar-refractivity contribution >= 4 is 56.6 Å². The van der Waals surface area contributed by atoms with E-state index in [1.165, 1.54) is 0 Å². The number of piperidine rings is 2. The van der Waals surface area contributed by atoms with Crippen molar-refractivity contribution in [3.63, 3.8) is 0 Å². The number of ether oxygens (including phenoxy) is 2. The minimum Gasteiger partial charge on any atom is -0.393 e. The van der Waals surface area contributed by atoms with Crippen LogP contribution < -0.4 is 9.80 Å². The van der Waals surface area contributed by atoms with Gasteiger partial charge in [0, 0.05) is 61.5 Å². The van der Waals surface area contributed by atoms with Crippen LogP contribution in [0.2, 0.25) is 10.0 Å². The van der Waals surface area contributed by atoms with Crippen LogP contribution in [0.4, 0.5) is 11.4 Å². The van der Waals surface area contributed by atoms with Gasteiger partial charge in [-0.25, -0.2) is 9.97 Å². The number of H-pyrrole nitrogens is 2. The average molecular weight is 698 g/mol. The molecule has 3 fully saturated rings. The number of aliphatic hydroxyl groups is 1. The largest absolute Gasteiger partial charge is 0.393 e. The van der Waals surface area contributed by atoms with E-state index in [0.29, 0.717) is 23.3 Å². The Morgan fingerprint density at radius 2 is 1.12 bits per heavy atom. The van der Waals surface area contributed by atoms with Gasteiger partial charge < -0.3 is 34.3 Å². The maximum Gasteiger partial charge on any atom is 0.171 e. The van der Waals surface area contributed by atoms with Crippen LogP contribution in [-0.2, 0) is 9.47 Å². The van der Waals surface area contributed by atoms with Gasteiger partial charge >= 0.3 is 0 Å². The molecule has 0 radical (unpaired) electrons. The highest BCUT2D eigenvalue weighted by atomic mass is 35.5. The second-order valence-corrected chi connectivity index (χ2v) is 13.7. The van der Waals surface area contributed by atoms with Crippen molar-refractivity contribution in [1.82, 2.24) is 19.9 Å². The SMILES string of the molecule is Clc1ccc(N2CCC3(CC2)OCCO3)cc1-c1nc2ccccc2[nH]1.OC1CCN(c2ccc(Cl)c(-c3nc4ccccc4[nH]3)c2)CC1. The lowest BCUT2D eigenvalue weighted by molar-refractivity contribution is -0.169. The second kappa shape index (κ2) is 13.7. The van der Waals surface area contributed by atoms with Crippen LogP contribution in [0.3, 0.4) is 0 Å². The molecule has 3 N–H and O–H groups in total. The molecule has 6 aromatic rings. The van der Waals surface area contributed by atoms with Gasteiger partial charge in [0.1, 0.15) is 11.6 Å². The Bertz CT molecular complexity index is 2010. The van der Waals surface area contributed by atoms with Crippen LogP contribution in [0, 0.1) is 0 Å². The zero-order valence-corrected chi connectivity index (χ0v) is 28.6. The summed E-state index contributed by atoms with van der Waals surface area (Å²) in [4.78, 5) is 20.7. The number of aromatic amines is 2. The number of halogens is 2. The first kappa shape index (κ1) is 32.1. The first-order valence-electron chi connectivity index (χ1n) is 16.9. The summed E-state index contributed by atoms with van der Waals surface area (Å²) in [5.74, 6) is 1.23. The van der Waals surface area contributed by atoms with Crippen molar-refractivity contribution in [1.29, 1.82) is 0 Å². The normalized spacial score (nSPS) is 17.9. The molecule has 1 spiro atoms. The Labute approximate surface area is 294 Å². The number of imidazole rings is 2. The molecule has 2 aromatic heterocycles. The Hall–Kier alpha value is -4.12. The van der Waals surface area contributed by atoms with E-state index in [2.05, 4.69) is 47.9 Å². The van der Waals surface area contributed by atoms with Gasteiger partial charge in [-0.3, -0.25) is 0 Å². The molecule has 49 heavy (non-hydrogen) atoms. The highest BCUT2D eigenvalue weighted by Gasteiger charge is 2.39. The summed E-state index contributed by atoms with van der Waals surface area (Å²) < 4.78 is 11.7. The molecular formula is C38H38Cl2N6O3. The predicted octanol–water partition coefficient (Wildman–Crippen LogP) is 8.07. The van der Waals surface area contributed by atoms with Crippen LogP contribution in [0.15, 0.2) is 84.9 Å². The Kier molecular flexibility index (Phi) is 8.94. The molecule has 0 bridgehead atoms. The van der Waals surface area contributed by atoms with Gasteiger partial charge in [-0.05, 0) is 73.5 Å². The van der Waals surface area contributed by atoms with E-state index in [1.807, 2.05) is 66.7 Å².